The van der Waals surface area contributed by atoms with Gasteiger partial charge >= 0.3 is 6.18 Å². The smallest absolute Gasteiger partial charge is 0.332 e. The Balaban J connectivity index is 1.46. The van der Waals surface area contributed by atoms with Crippen LogP contribution in [0, 0.1) is 10.1 Å². The van der Waals surface area contributed by atoms with Gasteiger partial charge in [-0.15, -0.1) is 0 Å². The van der Waals surface area contributed by atoms with Gasteiger partial charge in [0.15, 0.2) is 15.8 Å². The number of thiazole rings is 1. The molecule has 208 valence electrons. The number of benzene rings is 3. The number of halogens is 4. The molecule has 17 heteroatoms. The van der Waals surface area contributed by atoms with Gasteiger partial charge in [-0.3, -0.25) is 15.4 Å². The lowest BCUT2D eigenvalue weighted by Crippen LogP contribution is -2.21. The van der Waals surface area contributed by atoms with Crippen molar-refractivity contribution in [3.63, 3.8) is 0 Å². The van der Waals surface area contributed by atoms with Crippen molar-refractivity contribution in [1.82, 2.24) is 19.9 Å². The second-order valence-corrected chi connectivity index (χ2v) is 9.94. The fourth-order valence-electron chi connectivity index (χ4n) is 3.47. The van der Waals surface area contributed by atoms with Crippen LogP contribution in [0.1, 0.15) is 5.56 Å². The van der Waals surface area contributed by atoms with E-state index in [1.165, 1.54) is 6.07 Å². The van der Waals surface area contributed by atoms with Crippen molar-refractivity contribution in [1.29, 1.82) is 0 Å². The highest BCUT2D eigenvalue weighted by atomic mass is 35.5. The van der Waals surface area contributed by atoms with Crippen LogP contribution in [0.5, 0.6) is 0 Å². The molecule has 0 bridgehead atoms. The average molecular weight is 618 g/mol. The maximum atomic E-state index is 13.1. The van der Waals surface area contributed by atoms with Crippen LogP contribution >= 0.6 is 35.2 Å². The number of fused-ring (bicyclic) bond motifs is 1. The van der Waals surface area contributed by atoms with Crippen LogP contribution in [0.3, 0.4) is 0 Å². The predicted octanol–water partition coefficient (Wildman–Crippen LogP) is 7.36. The number of anilines is 6. The molecule has 5 aromatic rings. The number of thiocarbonyl (C=S) groups is 1. The summed E-state index contributed by atoms with van der Waals surface area (Å²) >= 11 is 12.6. The van der Waals surface area contributed by atoms with Crippen molar-refractivity contribution in [2.75, 3.05) is 21.3 Å². The summed E-state index contributed by atoms with van der Waals surface area (Å²) in [6.45, 7) is 0. The van der Waals surface area contributed by atoms with Gasteiger partial charge in [0.1, 0.15) is 0 Å². The summed E-state index contributed by atoms with van der Waals surface area (Å²) in [5, 5.41) is 23.0. The molecule has 0 amide bonds. The SMILES string of the molecule is O=[N+]([O-])c1cccc2sc(Nc3nc(NC(=S)Nc4ccccc4)nc(Nc4ccc(C(F)(F)F)cc4Cl)n3)nc12. The van der Waals surface area contributed by atoms with Gasteiger partial charge in [-0.1, -0.05) is 47.2 Å². The summed E-state index contributed by atoms with van der Waals surface area (Å²) in [4.78, 5) is 27.9. The molecule has 0 spiro atoms. The number of hydrogen-bond acceptors (Lipinski definition) is 10. The van der Waals surface area contributed by atoms with Crippen LogP contribution in [0.15, 0.2) is 66.7 Å². The van der Waals surface area contributed by atoms with E-state index >= 15 is 0 Å². The molecule has 11 nitrogen and oxygen atoms in total. The fraction of sp³-hybridized carbons (Fsp3) is 0.0417. The van der Waals surface area contributed by atoms with Gasteiger partial charge in [0.05, 0.1) is 25.9 Å². The second-order valence-electron chi connectivity index (χ2n) is 8.09. The summed E-state index contributed by atoms with van der Waals surface area (Å²) < 4.78 is 39.8. The van der Waals surface area contributed by atoms with Crippen LogP contribution in [0.4, 0.5) is 53.2 Å². The number of alkyl halides is 3. The largest absolute Gasteiger partial charge is 0.416 e. The van der Waals surface area contributed by atoms with Gasteiger partial charge < -0.3 is 16.0 Å². The molecule has 3 aromatic carbocycles. The number of hydrogen-bond donors (Lipinski definition) is 4. The zero-order valence-corrected chi connectivity index (χ0v) is 22.6. The number of nitro benzene ring substituents is 1. The molecule has 0 fully saturated rings. The monoisotopic (exact) mass is 617 g/mol. The number of para-hydroxylation sites is 2. The van der Waals surface area contributed by atoms with E-state index in [0.29, 0.717) is 10.4 Å². The average Bonchev–Trinajstić information content (AvgIpc) is 3.32. The predicted molar refractivity (Wildman–Crippen MR) is 155 cm³/mol. The van der Waals surface area contributed by atoms with Gasteiger partial charge in [0, 0.05) is 11.8 Å². The van der Waals surface area contributed by atoms with Crippen LogP contribution in [0.25, 0.3) is 10.2 Å². The minimum atomic E-state index is -4.57. The van der Waals surface area contributed by atoms with Gasteiger partial charge in [-0.2, -0.15) is 28.1 Å². The molecule has 2 heterocycles. The Bertz CT molecular complexity index is 1770. The van der Waals surface area contributed by atoms with E-state index in [1.807, 2.05) is 18.2 Å². The summed E-state index contributed by atoms with van der Waals surface area (Å²) in [6.07, 6.45) is -4.57. The van der Waals surface area contributed by atoms with E-state index in [9.17, 15) is 23.3 Å². The van der Waals surface area contributed by atoms with Gasteiger partial charge in [-0.25, -0.2) is 4.98 Å². The highest BCUT2D eigenvalue weighted by Crippen LogP contribution is 2.35. The topological polar surface area (TPSA) is 143 Å². The lowest BCUT2D eigenvalue weighted by atomic mass is 10.2. The van der Waals surface area contributed by atoms with Gasteiger partial charge in [0.2, 0.25) is 17.8 Å². The fourth-order valence-corrected chi connectivity index (χ4v) is 4.79. The van der Waals surface area contributed by atoms with Gasteiger partial charge in [0.25, 0.3) is 5.69 Å². The Morgan fingerprint density at radius 1 is 0.902 bits per heavy atom. The number of nitro groups is 1. The first-order valence-electron chi connectivity index (χ1n) is 11.4. The van der Waals surface area contributed by atoms with E-state index < -0.39 is 16.7 Å². The van der Waals surface area contributed by atoms with Crippen molar-refractivity contribution in [3.8, 4) is 0 Å². The molecule has 0 aliphatic rings. The molecule has 0 aliphatic heterocycles. The minimum absolute atomic E-state index is 0.0337. The Morgan fingerprint density at radius 2 is 1.61 bits per heavy atom. The highest BCUT2D eigenvalue weighted by molar-refractivity contribution is 7.80. The van der Waals surface area contributed by atoms with E-state index in [4.69, 9.17) is 23.8 Å². The van der Waals surface area contributed by atoms with E-state index in [-0.39, 0.29) is 50.0 Å². The molecular weight excluding hydrogens is 603 g/mol. The maximum absolute atomic E-state index is 13.1. The number of non-ortho nitro benzene ring substituents is 1. The van der Waals surface area contributed by atoms with Crippen molar-refractivity contribution in [3.05, 3.63) is 87.4 Å². The van der Waals surface area contributed by atoms with Crippen LogP contribution in [0.2, 0.25) is 5.02 Å². The number of rotatable bonds is 7. The molecule has 41 heavy (non-hydrogen) atoms. The molecule has 0 saturated carbocycles. The van der Waals surface area contributed by atoms with E-state index in [2.05, 4.69) is 41.2 Å². The lowest BCUT2D eigenvalue weighted by Gasteiger charge is -2.13. The molecule has 0 saturated heterocycles. The molecular formula is C24H15ClF3N9O2S2. The molecule has 0 aliphatic carbocycles. The molecule has 2 aromatic heterocycles. The second kappa shape index (κ2) is 11.4. The first kappa shape index (κ1) is 27.9. The zero-order valence-electron chi connectivity index (χ0n) is 20.2. The third-order valence-electron chi connectivity index (χ3n) is 5.25. The van der Waals surface area contributed by atoms with Crippen LogP contribution in [-0.2, 0) is 6.18 Å². The van der Waals surface area contributed by atoms with E-state index in [0.717, 1.165) is 29.5 Å². The van der Waals surface area contributed by atoms with Crippen molar-refractivity contribution in [2.24, 2.45) is 0 Å². The highest BCUT2D eigenvalue weighted by Gasteiger charge is 2.31. The van der Waals surface area contributed by atoms with Gasteiger partial charge in [-0.05, 0) is 48.6 Å². The molecule has 0 unspecified atom stereocenters. The first-order chi connectivity index (χ1) is 19.5. The quantitative estimate of drug-likeness (QED) is 0.0826. The number of nitrogens with one attached hydrogen (secondary N) is 4. The molecule has 4 N–H and O–H groups in total. The van der Waals surface area contributed by atoms with Crippen LogP contribution < -0.4 is 21.3 Å². The third-order valence-corrected chi connectivity index (χ3v) is 6.70. The standard InChI is InChI=1S/C24H15ClF3N9O2S2/c25-14-11-12(24(26,27)28)9-10-15(14)30-19-32-20(35-22(40)29-13-5-2-1-3-6-13)34-21(33-19)36-23-31-18-16(37(38)39)7-4-8-17(18)41-23/h1-11H,(H4,29,30,31,32,33,34,35,36,40). The summed E-state index contributed by atoms with van der Waals surface area (Å²) in [5.41, 5.74) is -0.107. The van der Waals surface area contributed by atoms with Crippen LogP contribution in [-0.4, -0.2) is 30.0 Å². The summed E-state index contributed by atoms with van der Waals surface area (Å²) in [6, 6.07) is 16.4. The normalized spacial score (nSPS) is 11.2. The Labute approximate surface area is 243 Å². The molecule has 5 rings (SSSR count). The summed E-state index contributed by atoms with van der Waals surface area (Å²) in [5.74, 6) is -0.174. The van der Waals surface area contributed by atoms with E-state index in [1.54, 1.807) is 24.3 Å². The number of nitrogens with zero attached hydrogens (tertiary/aromatic N) is 5. The zero-order chi connectivity index (χ0) is 29.1. The lowest BCUT2D eigenvalue weighted by molar-refractivity contribution is -0.383. The molecule has 0 atom stereocenters. The summed E-state index contributed by atoms with van der Waals surface area (Å²) in [7, 11) is 0. The maximum Gasteiger partial charge on any atom is 0.416 e. The Hall–Kier alpha value is -4.67. The Kier molecular flexibility index (Phi) is 7.78. The number of aromatic nitrogens is 4. The van der Waals surface area contributed by atoms with Crippen molar-refractivity contribution in [2.45, 2.75) is 6.18 Å². The van der Waals surface area contributed by atoms with Crippen molar-refractivity contribution < 1.29 is 18.1 Å². The Morgan fingerprint density at radius 3 is 2.29 bits per heavy atom. The first-order valence-corrected chi connectivity index (χ1v) is 13.0. The third kappa shape index (κ3) is 6.74. The minimum Gasteiger partial charge on any atom is -0.332 e. The van der Waals surface area contributed by atoms with Crippen molar-refractivity contribution >= 4 is 90.5 Å². The molecule has 0 radical (unpaired) electrons.